The third kappa shape index (κ3) is 1.93. The van der Waals surface area contributed by atoms with E-state index in [9.17, 15) is 4.79 Å². The van der Waals surface area contributed by atoms with Gasteiger partial charge in [-0.15, -0.1) is 0 Å². The molecule has 0 radical (unpaired) electrons. The number of likely N-dealkylation sites (tertiary alicyclic amines) is 1. The van der Waals surface area contributed by atoms with Crippen molar-refractivity contribution in [2.24, 2.45) is 5.73 Å². The van der Waals surface area contributed by atoms with Crippen LogP contribution in [0.4, 0.5) is 0 Å². The Morgan fingerprint density at radius 3 is 3.09 bits per heavy atom. The Morgan fingerprint density at radius 1 is 1.73 bits per heavy atom. The highest BCUT2D eigenvalue weighted by molar-refractivity contribution is 5.82. The fourth-order valence-corrected chi connectivity index (χ4v) is 1.46. The number of nitrogens with two attached hydrogens (primary N) is 1. The van der Waals surface area contributed by atoms with E-state index in [0.717, 1.165) is 32.4 Å². The van der Waals surface area contributed by atoms with Crippen molar-refractivity contribution in [1.29, 1.82) is 0 Å². The minimum atomic E-state index is -0.227. The van der Waals surface area contributed by atoms with Crippen molar-refractivity contribution < 1.29 is 4.79 Å². The fourth-order valence-electron chi connectivity index (χ4n) is 1.46. The number of nitrogens with zero attached hydrogens (tertiary/aromatic N) is 1. The van der Waals surface area contributed by atoms with Gasteiger partial charge in [-0.05, 0) is 19.3 Å². The molecule has 0 aromatic rings. The largest absolute Gasteiger partial charge is 0.341 e. The highest BCUT2D eigenvalue weighted by Crippen LogP contribution is 2.09. The van der Waals surface area contributed by atoms with Crippen molar-refractivity contribution in [1.82, 2.24) is 4.90 Å². The second-order valence-corrected chi connectivity index (χ2v) is 3.07. The molecule has 2 N–H and O–H groups in total. The Labute approximate surface area is 67.5 Å². The molecule has 0 aromatic heterocycles. The lowest BCUT2D eigenvalue weighted by Gasteiger charge is -2.29. The van der Waals surface area contributed by atoms with Gasteiger partial charge in [-0.3, -0.25) is 4.79 Å². The molecule has 11 heavy (non-hydrogen) atoms. The van der Waals surface area contributed by atoms with Crippen LogP contribution in [0.3, 0.4) is 0 Å². The lowest BCUT2D eigenvalue weighted by molar-refractivity contribution is -0.134. The molecule has 1 fully saturated rings. The Bertz CT molecular complexity index is 145. The van der Waals surface area contributed by atoms with Gasteiger partial charge < -0.3 is 10.6 Å². The number of rotatable bonds is 2. The van der Waals surface area contributed by atoms with Gasteiger partial charge in [0.2, 0.25) is 5.91 Å². The van der Waals surface area contributed by atoms with Gasteiger partial charge in [-0.25, -0.2) is 0 Å². The van der Waals surface area contributed by atoms with Crippen molar-refractivity contribution in [3.63, 3.8) is 0 Å². The maximum atomic E-state index is 11.3. The highest BCUT2D eigenvalue weighted by atomic mass is 16.2. The Hall–Kier alpha value is -0.570. The second-order valence-electron chi connectivity index (χ2n) is 3.07. The maximum Gasteiger partial charge on any atom is 0.239 e. The molecule has 0 aliphatic carbocycles. The third-order valence-corrected chi connectivity index (χ3v) is 2.07. The van der Waals surface area contributed by atoms with Crippen LogP contribution >= 0.6 is 0 Å². The van der Waals surface area contributed by atoms with E-state index in [1.165, 1.54) is 0 Å². The average Bonchev–Trinajstić information content (AvgIpc) is 1.99. The van der Waals surface area contributed by atoms with Crippen molar-refractivity contribution in [3.8, 4) is 0 Å². The zero-order chi connectivity index (χ0) is 8.27. The number of hydrogen-bond acceptors (Lipinski definition) is 2. The summed E-state index contributed by atoms with van der Waals surface area (Å²) >= 11 is 0. The van der Waals surface area contributed by atoms with Gasteiger partial charge in [-0.2, -0.15) is 0 Å². The minimum Gasteiger partial charge on any atom is -0.341 e. The molecule has 0 saturated carbocycles. The average molecular weight is 156 g/mol. The molecule has 0 unspecified atom stereocenters. The smallest absolute Gasteiger partial charge is 0.239 e. The minimum absolute atomic E-state index is 0.137. The van der Waals surface area contributed by atoms with Crippen LogP contribution in [0.25, 0.3) is 0 Å². The first-order valence-corrected chi connectivity index (χ1v) is 4.30. The zero-order valence-electron chi connectivity index (χ0n) is 7.05. The van der Waals surface area contributed by atoms with Gasteiger partial charge in [0, 0.05) is 13.1 Å². The van der Waals surface area contributed by atoms with E-state index in [2.05, 4.69) is 6.92 Å². The lowest BCUT2D eigenvalue weighted by Crippen LogP contribution is -2.48. The van der Waals surface area contributed by atoms with Gasteiger partial charge in [0.15, 0.2) is 0 Å². The van der Waals surface area contributed by atoms with Gasteiger partial charge in [0.1, 0.15) is 0 Å². The maximum absolute atomic E-state index is 11.3. The molecular weight excluding hydrogens is 140 g/mol. The van der Waals surface area contributed by atoms with Gasteiger partial charge in [-0.1, -0.05) is 6.92 Å². The number of carbonyl (C=O) groups is 1. The molecule has 1 rings (SSSR count). The molecule has 0 aromatic carbocycles. The van der Waals surface area contributed by atoms with Crippen LogP contribution in [0.5, 0.6) is 0 Å². The topological polar surface area (TPSA) is 46.3 Å². The van der Waals surface area contributed by atoms with Crippen molar-refractivity contribution in [3.05, 3.63) is 0 Å². The predicted molar refractivity (Wildman–Crippen MR) is 44.1 cm³/mol. The molecule has 1 amide bonds. The number of piperidine rings is 1. The Morgan fingerprint density at radius 2 is 2.45 bits per heavy atom. The lowest BCUT2D eigenvalue weighted by atomic mass is 10.1. The molecule has 0 spiro atoms. The molecule has 1 aliphatic heterocycles. The molecule has 1 atom stereocenters. The van der Waals surface area contributed by atoms with Crippen LogP contribution in [0.2, 0.25) is 0 Å². The monoisotopic (exact) mass is 156 g/mol. The molecule has 64 valence electrons. The first kappa shape index (κ1) is 8.53. The molecule has 3 nitrogen and oxygen atoms in total. The SMILES string of the molecule is CCCN1CCC[C@H](N)C1=O. The standard InChI is InChI=1S/C8H16N2O/c1-2-5-10-6-3-4-7(9)8(10)11/h7H,2-6,9H2,1H3/t7-/m0/s1. The van der Waals surface area contributed by atoms with E-state index in [4.69, 9.17) is 5.73 Å². The Kier molecular flexibility index (Phi) is 2.88. The molecule has 0 bridgehead atoms. The number of amides is 1. The summed E-state index contributed by atoms with van der Waals surface area (Å²) in [5.41, 5.74) is 5.61. The normalized spacial score (nSPS) is 25.8. The molecular formula is C8H16N2O. The molecule has 1 heterocycles. The van der Waals surface area contributed by atoms with E-state index < -0.39 is 0 Å². The summed E-state index contributed by atoms with van der Waals surface area (Å²) in [7, 11) is 0. The number of hydrogen-bond donors (Lipinski definition) is 1. The van der Waals surface area contributed by atoms with Crippen LogP contribution in [0.1, 0.15) is 26.2 Å². The first-order chi connectivity index (χ1) is 5.25. The quantitative estimate of drug-likeness (QED) is 0.627. The van der Waals surface area contributed by atoms with Crippen LogP contribution < -0.4 is 5.73 Å². The van der Waals surface area contributed by atoms with Crippen molar-refractivity contribution in [2.75, 3.05) is 13.1 Å². The summed E-state index contributed by atoms with van der Waals surface area (Å²) in [6.07, 6.45) is 2.95. The summed E-state index contributed by atoms with van der Waals surface area (Å²) in [6, 6.07) is -0.227. The van der Waals surface area contributed by atoms with E-state index >= 15 is 0 Å². The zero-order valence-corrected chi connectivity index (χ0v) is 7.05. The van der Waals surface area contributed by atoms with Crippen LogP contribution in [-0.4, -0.2) is 29.9 Å². The van der Waals surface area contributed by atoms with Crippen LogP contribution in [-0.2, 0) is 4.79 Å². The molecule has 1 aliphatic rings. The summed E-state index contributed by atoms with van der Waals surface area (Å²) in [4.78, 5) is 13.2. The summed E-state index contributed by atoms with van der Waals surface area (Å²) in [5, 5.41) is 0. The van der Waals surface area contributed by atoms with Crippen molar-refractivity contribution >= 4 is 5.91 Å². The van der Waals surface area contributed by atoms with Gasteiger partial charge in [0.05, 0.1) is 6.04 Å². The summed E-state index contributed by atoms with van der Waals surface area (Å²) in [5.74, 6) is 0.137. The van der Waals surface area contributed by atoms with E-state index in [0.29, 0.717) is 0 Å². The molecule has 1 saturated heterocycles. The number of carbonyl (C=O) groups excluding carboxylic acids is 1. The van der Waals surface area contributed by atoms with E-state index in [1.54, 1.807) is 0 Å². The fraction of sp³-hybridized carbons (Fsp3) is 0.875. The highest BCUT2D eigenvalue weighted by Gasteiger charge is 2.24. The molecule has 3 heteroatoms. The van der Waals surface area contributed by atoms with Crippen LogP contribution in [0, 0.1) is 0 Å². The van der Waals surface area contributed by atoms with E-state index in [-0.39, 0.29) is 11.9 Å². The van der Waals surface area contributed by atoms with Gasteiger partial charge in [0.25, 0.3) is 0 Å². The first-order valence-electron chi connectivity index (χ1n) is 4.30. The van der Waals surface area contributed by atoms with E-state index in [1.807, 2.05) is 4.90 Å². The Balaban J connectivity index is 2.44. The second kappa shape index (κ2) is 3.72. The summed E-state index contributed by atoms with van der Waals surface area (Å²) < 4.78 is 0. The summed E-state index contributed by atoms with van der Waals surface area (Å²) in [6.45, 7) is 3.85. The third-order valence-electron chi connectivity index (χ3n) is 2.07. The van der Waals surface area contributed by atoms with Crippen molar-refractivity contribution in [2.45, 2.75) is 32.2 Å². The van der Waals surface area contributed by atoms with Gasteiger partial charge >= 0.3 is 0 Å². The van der Waals surface area contributed by atoms with Crippen LogP contribution in [0.15, 0.2) is 0 Å². The predicted octanol–water partition coefficient (Wildman–Crippen LogP) is 0.346.